The number of hydrogen-bond donors (Lipinski definition) is 2. The van der Waals surface area contributed by atoms with Crippen LogP contribution in [0.4, 0.5) is 5.69 Å². The Labute approximate surface area is 121 Å². The summed E-state index contributed by atoms with van der Waals surface area (Å²) in [4.78, 5) is 0.187. The zero-order valence-corrected chi connectivity index (χ0v) is 13.1. The first-order chi connectivity index (χ1) is 9.38. The Morgan fingerprint density at radius 1 is 1.30 bits per heavy atom. The Morgan fingerprint density at radius 3 is 2.50 bits per heavy atom. The number of nitrogen functional groups attached to an aromatic ring is 1. The molecule has 0 unspecified atom stereocenters. The molecular weight excluding hydrogens is 272 g/mol. The summed E-state index contributed by atoms with van der Waals surface area (Å²) >= 11 is 0. The van der Waals surface area contributed by atoms with Gasteiger partial charge in [0.25, 0.3) is 0 Å². The van der Waals surface area contributed by atoms with Crippen LogP contribution in [0.25, 0.3) is 0 Å². The van der Waals surface area contributed by atoms with Gasteiger partial charge in [0.05, 0.1) is 5.69 Å². The Hall–Kier alpha value is -1.07. The molecule has 5 heteroatoms. The number of hydrogen-bond acceptors (Lipinski definition) is 3. The molecule has 0 heterocycles. The number of rotatable bonds is 5. The van der Waals surface area contributed by atoms with Gasteiger partial charge >= 0.3 is 0 Å². The fourth-order valence-corrected chi connectivity index (χ4v) is 4.29. The molecule has 0 radical (unpaired) electrons. The SMILES string of the molecule is CCC1(CNS(=O)(=O)c2ccc(C)cc2N)CCCC1. The fourth-order valence-electron chi connectivity index (χ4n) is 3.02. The van der Waals surface area contributed by atoms with Crippen molar-refractivity contribution in [2.45, 2.75) is 50.8 Å². The highest BCUT2D eigenvalue weighted by Crippen LogP contribution is 2.40. The average molecular weight is 296 g/mol. The van der Waals surface area contributed by atoms with Gasteiger partial charge in [-0.05, 0) is 49.3 Å². The lowest BCUT2D eigenvalue weighted by Crippen LogP contribution is -2.35. The minimum absolute atomic E-state index is 0.131. The third-order valence-electron chi connectivity index (χ3n) is 4.51. The molecule has 0 spiro atoms. The van der Waals surface area contributed by atoms with Gasteiger partial charge in [-0.3, -0.25) is 0 Å². The molecule has 1 saturated carbocycles. The monoisotopic (exact) mass is 296 g/mol. The van der Waals surface area contributed by atoms with Gasteiger partial charge in [-0.2, -0.15) is 0 Å². The summed E-state index contributed by atoms with van der Waals surface area (Å²) in [5.41, 5.74) is 7.24. The topological polar surface area (TPSA) is 72.2 Å². The summed E-state index contributed by atoms with van der Waals surface area (Å²) in [7, 11) is -3.52. The zero-order valence-electron chi connectivity index (χ0n) is 12.3. The van der Waals surface area contributed by atoms with Gasteiger partial charge in [0, 0.05) is 6.54 Å². The van der Waals surface area contributed by atoms with E-state index < -0.39 is 10.0 Å². The molecule has 4 nitrogen and oxygen atoms in total. The second-order valence-electron chi connectivity index (χ2n) is 5.93. The van der Waals surface area contributed by atoms with Crippen molar-refractivity contribution in [3.63, 3.8) is 0 Å². The minimum atomic E-state index is -3.52. The van der Waals surface area contributed by atoms with Crippen molar-refractivity contribution in [2.75, 3.05) is 12.3 Å². The van der Waals surface area contributed by atoms with Crippen molar-refractivity contribution >= 4 is 15.7 Å². The Kier molecular flexibility index (Phi) is 4.39. The highest BCUT2D eigenvalue weighted by atomic mass is 32.2. The summed E-state index contributed by atoms with van der Waals surface area (Å²) in [5.74, 6) is 0. The van der Waals surface area contributed by atoms with Crippen LogP contribution in [0.15, 0.2) is 23.1 Å². The van der Waals surface area contributed by atoms with Crippen LogP contribution in [0.3, 0.4) is 0 Å². The summed E-state index contributed by atoms with van der Waals surface area (Å²) in [6.45, 7) is 4.55. The van der Waals surface area contributed by atoms with Crippen LogP contribution in [0.1, 0.15) is 44.6 Å². The lowest BCUT2D eigenvalue weighted by molar-refractivity contribution is 0.285. The van der Waals surface area contributed by atoms with Crippen LogP contribution < -0.4 is 10.5 Å². The van der Waals surface area contributed by atoms with Gasteiger partial charge in [-0.25, -0.2) is 13.1 Å². The van der Waals surface area contributed by atoms with Crippen LogP contribution in [0.2, 0.25) is 0 Å². The molecule has 3 N–H and O–H groups in total. The first-order valence-corrected chi connectivity index (χ1v) is 8.73. The summed E-state index contributed by atoms with van der Waals surface area (Å²) < 4.78 is 27.5. The smallest absolute Gasteiger partial charge is 0.242 e. The molecular formula is C15H24N2O2S. The van der Waals surface area contributed by atoms with Crippen LogP contribution >= 0.6 is 0 Å². The predicted octanol–water partition coefficient (Wildman–Crippen LogP) is 2.83. The van der Waals surface area contributed by atoms with E-state index in [1.54, 1.807) is 18.2 Å². The molecule has 0 aliphatic heterocycles. The standard InChI is InChI=1S/C15H24N2O2S/c1-3-15(8-4-5-9-15)11-17-20(18,19)14-7-6-12(2)10-13(14)16/h6-7,10,17H,3-5,8-9,11,16H2,1-2H3. The molecule has 1 fully saturated rings. The number of aryl methyl sites for hydroxylation is 1. The highest BCUT2D eigenvalue weighted by Gasteiger charge is 2.33. The number of nitrogens with two attached hydrogens (primary N) is 1. The molecule has 1 aliphatic carbocycles. The van der Waals surface area contributed by atoms with Crippen molar-refractivity contribution in [3.05, 3.63) is 23.8 Å². The molecule has 0 amide bonds. The van der Waals surface area contributed by atoms with Crippen molar-refractivity contribution in [1.82, 2.24) is 4.72 Å². The lowest BCUT2D eigenvalue weighted by Gasteiger charge is -2.27. The van der Waals surface area contributed by atoms with E-state index in [2.05, 4.69) is 11.6 Å². The molecule has 0 saturated heterocycles. The average Bonchev–Trinajstić information content (AvgIpc) is 2.85. The first-order valence-electron chi connectivity index (χ1n) is 7.24. The van der Waals surface area contributed by atoms with E-state index >= 15 is 0 Å². The molecule has 0 bridgehead atoms. The van der Waals surface area contributed by atoms with E-state index in [9.17, 15) is 8.42 Å². The molecule has 1 aliphatic rings. The van der Waals surface area contributed by atoms with E-state index in [-0.39, 0.29) is 10.3 Å². The van der Waals surface area contributed by atoms with E-state index in [1.807, 2.05) is 6.92 Å². The summed E-state index contributed by atoms with van der Waals surface area (Å²) in [5, 5.41) is 0. The third-order valence-corrected chi connectivity index (χ3v) is 5.98. The van der Waals surface area contributed by atoms with Crippen LogP contribution in [-0.4, -0.2) is 15.0 Å². The number of sulfonamides is 1. The quantitative estimate of drug-likeness (QED) is 0.821. The highest BCUT2D eigenvalue weighted by molar-refractivity contribution is 7.89. The molecule has 20 heavy (non-hydrogen) atoms. The largest absolute Gasteiger partial charge is 0.398 e. The Balaban J connectivity index is 2.15. The maximum Gasteiger partial charge on any atom is 0.242 e. The first kappa shape index (κ1) is 15.3. The molecule has 1 aromatic carbocycles. The molecule has 1 aromatic rings. The molecule has 0 atom stereocenters. The maximum absolute atomic E-state index is 12.4. The Bertz CT molecular complexity index is 576. The van der Waals surface area contributed by atoms with E-state index in [4.69, 9.17) is 5.73 Å². The van der Waals surface area contributed by atoms with Gasteiger partial charge in [0.1, 0.15) is 4.90 Å². The van der Waals surface area contributed by atoms with Crippen molar-refractivity contribution < 1.29 is 8.42 Å². The summed E-state index contributed by atoms with van der Waals surface area (Å²) in [6, 6.07) is 5.05. The van der Waals surface area contributed by atoms with Gasteiger partial charge in [-0.15, -0.1) is 0 Å². The normalized spacial score (nSPS) is 18.3. The van der Waals surface area contributed by atoms with Gasteiger partial charge < -0.3 is 5.73 Å². The third kappa shape index (κ3) is 3.15. The molecule has 112 valence electrons. The zero-order chi connectivity index (χ0) is 14.8. The minimum Gasteiger partial charge on any atom is -0.398 e. The predicted molar refractivity (Wildman–Crippen MR) is 82.0 cm³/mol. The van der Waals surface area contributed by atoms with Crippen LogP contribution in [-0.2, 0) is 10.0 Å². The van der Waals surface area contributed by atoms with E-state index in [0.717, 1.165) is 24.8 Å². The van der Waals surface area contributed by atoms with Crippen LogP contribution in [0.5, 0.6) is 0 Å². The van der Waals surface area contributed by atoms with Crippen molar-refractivity contribution in [3.8, 4) is 0 Å². The second-order valence-corrected chi connectivity index (χ2v) is 7.66. The van der Waals surface area contributed by atoms with E-state index in [1.165, 1.54) is 12.8 Å². The van der Waals surface area contributed by atoms with Gasteiger partial charge in [0.15, 0.2) is 0 Å². The van der Waals surface area contributed by atoms with Crippen molar-refractivity contribution in [2.24, 2.45) is 5.41 Å². The molecule has 0 aromatic heterocycles. The fraction of sp³-hybridized carbons (Fsp3) is 0.600. The Morgan fingerprint density at radius 2 is 1.95 bits per heavy atom. The van der Waals surface area contributed by atoms with Gasteiger partial charge in [-0.1, -0.05) is 25.8 Å². The second kappa shape index (κ2) is 5.74. The number of anilines is 1. The molecule has 2 rings (SSSR count). The van der Waals surface area contributed by atoms with Gasteiger partial charge in [0.2, 0.25) is 10.0 Å². The lowest BCUT2D eigenvalue weighted by atomic mass is 9.84. The number of nitrogens with one attached hydrogen (secondary N) is 1. The van der Waals surface area contributed by atoms with Crippen molar-refractivity contribution in [1.29, 1.82) is 0 Å². The maximum atomic E-state index is 12.4. The van der Waals surface area contributed by atoms with Crippen LogP contribution in [0, 0.1) is 12.3 Å². The number of benzene rings is 1. The summed E-state index contributed by atoms with van der Waals surface area (Å²) in [6.07, 6.45) is 5.62. The van der Waals surface area contributed by atoms with E-state index in [0.29, 0.717) is 12.2 Å².